The SMILES string of the molecule is NS(=O)(=O)CCNCc1sc2ccccc2c1Cl. The van der Waals surface area contributed by atoms with Gasteiger partial charge in [0.15, 0.2) is 0 Å². The minimum Gasteiger partial charge on any atom is -0.311 e. The first-order chi connectivity index (χ1) is 8.47. The van der Waals surface area contributed by atoms with Gasteiger partial charge in [-0.05, 0) is 6.07 Å². The van der Waals surface area contributed by atoms with Crippen LogP contribution in [0.2, 0.25) is 5.02 Å². The minimum atomic E-state index is -3.41. The second-order valence-corrected chi connectivity index (χ2v) is 7.13. The summed E-state index contributed by atoms with van der Waals surface area (Å²) in [5, 5.41) is 9.71. The molecule has 0 aliphatic rings. The summed E-state index contributed by atoms with van der Waals surface area (Å²) in [5.41, 5.74) is 0. The molecule has 3 N–H and O–H groups in total. The van der Waals surface area contributed by atoms with Gasteiger partial charge in [-0.1, -0.05) is 29.8 Å². The summed E-state index contributed by atoms with van der Waals surface area (Å²) >= 11 is 7.86. The van der Waals surface area contributed by atoms with E-state index >= 15 is 0 Å². The van der Waals surface area contributed by atoms with Crippen molar-refractivity contribution in [2.45, 2.75) is 6.54 Å². The number of nitrogens with one attached hydrogen (secondary N) is 1. The summed E-state index contributed by atoms with van der Waals surface area (Å²) in [4.78, 5) is 1.01. The van der Waals surface area contributed by atoms with Crippen LogP contribution >= 0.6 is 22.9 Å². The molecule has 1 aromatic carbocycles. The Labute approximate surface area is 115 Å². The van der Waals surface area contributed by atoms with Crippen LogP contribution in [0.4, 0.5) is 0 Å². The zero-order chi connectivity index (χ0) is 13.2. The van der Waals surface area contributed by atoms with Crippen LogP contribution in [0.5, 0.6) is 0 Å². The average Bonchev–Trinajstić information content (AvgIpc) is 2.62. The molecule has 0 saturated carbocycles. The van der Waals surface area contributed by atoms with Crippen LogP contribution < -0.4 is 10.5 Å². The topological polar surface area (TPSA) is 72.2 Å². The van der Waals surface area contributed by atoms with E-state index in [0.29, 0.717) is 13.1 Å². The lowest BCUT2D eigenvalue weighted by molar-refractivity contribution is 0.592. The molecule has 0 saturated heterocycles. The molecule has 0 atom stereocenters. The molecule has 0 amide bonds. The van der Waals surface area contributed by atoms with Gasteiger partial charge in [0.05, 0.1) is 10.8 Å². The van der Waals surface area contributed by atoms with E-state index in [1.54, 1.807) is 11.3 Å². The standard InChI is InChI=1S/C11H13ClN2O2S2/c12-11-8-3-1-2-4-9(8)17-10(11)7-14-5-6-18(13,15)16/h1-4,14H,5-7H2,(H2,13,15,16). The Bertz CT molecular complexity index is 652. The molecule has 4 nitrogen and oxygen atoms in total. The lowest BCUT2D eigenvalue weighted by Crippen LogP contribution is -2.26. The molecule has 98 valence electrons. The molecule has 2 aromatic rings. The van der Waals surface area contributed by atoms with Crippen molar-refractivity contribution in [3.63, 3.8) is 0 Å². The summed E-state index contributed by atoms with van der Waals surface area (Å²) in [6, 6.07) is 7.90. The highest BCUT2D eigenvalue weighted by atomic mass is 35.5. The number of rotatable bonds is 5. The number of nitrogens with two attached hydrogens (primary N) is 1. The highest BCUT2D eigenvalue weighted by Gasteiger charge is 2.09. The van der Waals surface area contributed by atoms with Crippen LogP contribution in [0, 0.1) is 0 Å². The Hall–Kier alpha value is -0.660. The molecule has 0 unspecified atom stereocenters. The van der Waals surface area contributed by atoms with E-state index in [9.17, 15) is 8.42 Å². The fourth-order valence-corrected chi connectivity index (χ4v) is 3.49. The third-order valence-electron chi connectivity index (χ3n) is 2.45. The van der Waals surface area contributed by atoms with E-state index in [1.807, 2.05) is 24.3 Å². The molecule has 0 aliphatic heterocycles. The highest BCUT2D eigenvalue weighted by molar-refractivity contribution is 7.89. The van der Waals surface area contributed by atoms with Gasteiger partial charge in [-0.3, -0.25) is 0 Å². The molecule has 0 bridgehead atoms. The van der Waals surface area contributed by atoms with E-state index < -0.39 is 10.0 Å². The van der Waals surface area contributed by atoms with Crippen LogP contribution in [-0.4, -0.2) is 20.7 Å². The van der Waals surface area contributed by atoms with Crippen molar-refractivity contribution in [1.29, 1.82) is 0 Å². The number of hydrogen-bond acceptors (Lipinski definition) is 4. The van der Waals surface area contributed by atoms with Gasteiger partial charge in [-0.2, -0.15) is 0 Å². The van der Waals surface area contributed by atoms with Gasteiger partial charge in [-0.15, -0.1) is 11.3 Å². The minimum absolute atomic E-state index is 0.0739. The lowest BCUT2D eigenvalue weighted by Gasteiger charge is -2.02. The number of hydrogen-bond donors (Lipinski definition) is 2. The predicted octanol–water partition coefficient (Wildman–Crippen LogP) is 1.93. The maximum Gasteiger partial charge on any atom is 0.210 e. The summed E-state index contributed by atoms with van der Waals surface area (Å²) in [6.45, 7) is 0.872. The van der Waals surface area contributed by atoms with Gasteiger partial charge in [0.2, 0.25) is 10.0 Å². The average molecular weight is 305 g/mol. The fourth-order valence-electron chi connectivity index (χ4n) is 1.59. The smallest absolute Gasteiger partial charge is 0.210 e. The molecular formula is C11H13ClN2O2S2. The molecule has 7 heteroatoms. The largest absolute Gasteiger partial charge is 0.311 e. The second-order valence-electron chi connectivity index (χ2n) is 3.88. The molecule has 2 rings (SSSR count). The molecule has 0 aliphatic carbocycles. The Morgan fingerprint density at radius 1 is 1.33 bits per heavy atom. The van der Waals surface area contributed by atoms with Crippen LogP contribution in [0.3, 0.4) is 0 Å². The van der Waals surface area contributed by atoms with Gasteiger partial charge in [-0.25, -0.2) is 13.6 Å². The normalized spacial score (nSPS) is 12.1. The van der Waals surface area contributed by atoms with Gasteiger partial charge in [0.25, 0.3) is 0 Å². The van der Waals surface area contributed by atoms with Gasteiger partial charge in [0.1, 0.15) is 0 Å². The molecule has 18 heavy (non-hydrogen) atoms. The number of sulfonamides is 1. The second kappa shape index (κ2) is 5.54. The van der Waals surface area contributed by atoms with Crippen molar-refractivity contribution in [1.82, 2.24) is 5.32 Å². The summed E-state index contributed by atoms with van der Waals surface area (Å²) in [7, 11) is -3.41. The first-order valence-corrected chi connectivity index (χ1v) is 8.25. The van der Waals surface area contributed by atoms with Crippen LogP contribution in [0.25, 0.3) is 10.1 Å². The molecule has 0 radical (unpaired) electrons. The van der Waals surface area contributed by atoms with Crippen LogP contribution in [0.15, 0.2) is 24.3 Å². The third kappa shape index (κ3) is 3.43. The van der Waals surface area contributed by atoms with Gasteiger partial charge < -0.3 is 5.32 Å². The van der Waals surface area contributed by atoms with Gasteiger partial charge >= 0.3 is 0 Å². The number of primary sulfonamides is 1. The first kappa shape index (κ1) is 13.8. The Morgan fingerprint density at radius 3 is 2.72 bits per heavy atom. The van der Waals surface area contributed by atoms with E-state index in [4.69, 9.17) is 16.7 Å². The summed E-state index contributed by atoms with van der Waals surface area (Å²) in [6.07, 6.45) is 0. The Balaban J connectivity index is 2.02. The number of fused-ring (bicyclic) bond motifs is 1. The number of thiophene rings is 1. The van der Waals surface area contributed by atoms with Crippen LogP contribution in [0.1, 0.15) is 4.88 Å². The predicted molar refractivity (Wildman–Crippen MR) is 76.5 cm³/mol. The molecule has 0 spiro atoms. The van der Waals surface area contributed by atoms with Crippen molar-refractivity contribution < 1.29 is 8.42 Å². The summed E-state index contributed by atoms with van der Waals surface area (Å²) < 4.78 is 22.7. The van der Waals surface area contributed by atoms with Crippen molar-refractivity contribution in [2.24, 2.45) is 5.14 Å². The first-order valence-electron chi connectivity index (χ1n) is 5.34. The monoisotopic (exact) mass is 304 g/mol. The Kier molecular flexibility index (Phi) is 4.24. The van der Waals surface area contributed by atoms with E-state index in [1.165, 1.54) is 0 Å². The van der Waals surface area contributed by atoms with Crippen LogP contribution in [-0.2, 0) is 16.6 Å². The molecule has 1 heterocycles. The fraction of sp³-hybridized carbons (Fsp3) is 0.273. The van der Waals surface area contributed by atoms with E-state index in [0.717, 1.165) is 20.0 Å². The molecule has 1 aromatic heterocycles. The Morgan fingerprint density at radius 2 is 2.06 bits per heavy atom. The van der Waals surface area contributed by atoms with Crippen molar-refractivity contribution in [3.8, 4) is 0 Å². The van der Waals surface area contributed by atoms with E-state index in [-0.39, 0.29) is 5.75 Å². The zero-order valence-electron chi connectivity index (χ0n) is 9.52. The van der Waals surface area contributed by atoms with E-state index in [2.05, 4.69) is 5.32 Å². The highest BCUT2D eigenvalue weighted by Crippen LogP contribution is 2.34. The maximum absolute atomic E-state index is 10.8. The third-order valence-corrected chi connectivity index (χ3v) is 4.94. The summed E-state index contributed by atoms with van der Waals surface area (Å²) in [5.74, 6) is -0.0739. The van der Waals surface area contributed by atoms with Crippen molar-refractivity contribution >= 4 is 43.0 Å². The van der Waals surface area contributed by atoms with Crippen molar-refractivity contribution in [2.75, 3.05) is 12.3 Å². The molecular weight excluding hydrogens is 292 g/mol. The lowest BCUT2D eigenvalue weighted by atomic mass is 10.2. The van der Waals surface area contributed by atoms with Gasteiger partial charge in [0, 0.05) is 28.1 Å². The van der Waals surface area contributed by atoms with Crippen molar-refractivity contribution in [3.05, 3.63) is 34.2 Å². The molecule has 0 fully saturated rings. The maximum atomic E-state index is 10.8. The number of benzene rings is 1. The number of halogens is 1. The zero-order valence-corrected chi connectivity index (χ0v) is 11.9. The quantitative estimate of drug-likeness (QED) is 0.829.